The van der Waals surface area contributed by atoms with Crippen molar-refractivity contribution in [1.29, 1.82) is 0 Å². The quantitative estimate of drug-likeness (QED) is 0.279. The summed E-state index contributed by atoms with van der Waals surface area (Å²) in [6.45, 7) is 0. The second-order valence-corrected chi connectivity index (χ2v) is 8.13. The van der Waals surface area contributed by atoms with Gasteiger partial charge in [-0.15, -0.1) is 22.7 Å². The zero-order chi connectivity index (χ0) is 20.8. The molecule has 0 aliphatic heterocycles. The molecular weight excluding hydrogens is 416 g/mol. The van der Waals surface area contributed by atoms with Crippen LogP contribution in [0.15, 0.2) is 83.6 Å². The van der Waals surface area contributed by atoms with Crippen LogP contribution in [-0.2, 0) is 0 Å². The average molecular weight is 435 g/mol. The Morgan fingerprint density at radius 3 is 1.90 bits per heavy atom. The Bertz CT molecular complexity index is 1130. The molecule has 4 aromatic rings. The molecule has 0 atom stereocenters. The molecule has 4 N–H and O–H groups in total. The highest BCUT2D eigenvalue weighted by Gasteiger charge is 2.13. The Balaban J connectivity index is 1.56. The molecule has 0 spiro atoms. The maximum Gasteiger partial charge on any atom is 0.265 e. The number of hydrogen-bond acceptors (Lipinski definition) is 6. The molecule has 0 aliphatic carbocycles. The van der Waals surface area contributed by atoms with Crippen molar-refractivity contribution in [3.63, 3.8) is 0 Å². The Labute approximate surface area is 181 Å². The lowest BCUT2D eigenvalue weighted by molar-refractivity contribution is 0.102. The third-order valence-electron chi connectivity index (χ3n) is 4.13. The molecule has 2 aromatic heterocycles. The molecule has 2 aromatic carbocycles. The van der Waals surface area contributed by atoms with Crippen molar-refractivity contribution in [3.8, 4) is 0 Å². The zero-order valence-corrected chi connectivity index (χ0v) is 17.3. The van der Waals surface area contributed by atoms with E-state index in [0.29, 0.717) is 26.8 Å². The van der Waals surface area contributed by atoms with Crippen molar-refractivity contribution < 1.29 is 9.59 Å². The smallest absolute Gasteiger partial charge is 0.265 e. The lowest BCUT2D eigenvalue weighted by atomic mass is 10.2. The van der Waals surface area contributed by atoms with E-state index < -0.39 is 0 Å². The average Bonchev–Trinajstić information content (AvgIpc) is 3.48. The van der Waals surface area contributed by atoms with Gasteiger partial charge in [0.1, 0.15) is 0 Å². The molecule has 6 nitrogen and oxygen atoms in total. The summed E-state index contributed by atoms with van der Waals surface area (Å²) in [4.78, 5) is 26.2. The SMILES string of the molecule is O=C(Nc1ccc(NNc2ccccc2)c(NC(=O)c2cccs2)c1)c1cccs1. The highest BCUT2D eigenvalue weighted by Crippen LogP contribution is 2.28. The first-order valence-electron chi connectivity index (χ1n) is 9.10. The Morgan fingerprint density at radius 2 is 1.27 bits per heavy atom. The second-order valence-electron chi connectivity index (χ2n) is 6.24. The van der Waals surface area contributed by atoms with E-state index in [9.17, 15) is 9.59 Å². The summed E-state index contributed by atoms with van der Waals surface area (Å²) in [5, 5.41) is 9.49. The number of amides is 2. The van der Waals surface area contributed by atoms with Crippen LogP contribution in [0.5, 0.6) is 0 Å². The largest absolute Gasteiger partial charge is 0.321 e. The predicted molar refractivity (Wildman–Crippen MR) is 125 cm³/mol. The summed E-state index contributed by atoms with van der Waals surface area (Å²) < 4.78 is 0. The van der Waals surface area contributed by atoms with Gasteiger partial charge in [-0.05, 0) is 53.2 Å². The summed E-state index contributed by atoms with van der Waals surface area (Å²) in [5.41, 5.74) is 8.89. The maximum absolute atomic E-state index is 12.6. The van der Waals surface area contributed by atoms with Gasteiger partial charge in [-0.3, -0.25) is 15.0 Å². The van der Waals surface area contributed by atoms with Gasteiger partial charge in [0.15, 0.2) is 0 Å². The van der Waals surface area contributed by atoms with Crippen LogP contribution in [0.4, 0.5) is 22.7 Å². The summed E-state index contributed by atoms with van der Waals surface area (Å²) in [5.74, 6) is -0.404. The van der Waals surface area contributed by atoms with Gasteiger partial charge in [0.2, 0.25) is 0 Å². The third kappa shape index (κ3) is 4.86. The van der Waals surface area contributed by atoms with Crippen LogP contribution in [-0.4, -0.2) is 11.8 Å². The number of carbonyl (C=O) groups excluding carboxylic acids is 2. The Hall–Kier alpha value is -3.62. The minimum atomic E-state index is -0.213. The summed E-state index contributed by atoms with van der Waals surface area (Å²) >= 11 is 2.73. The number of para-hydroxylation sites is 1. The van der Waals surface area contributed by atoms with Crippen LogP contribution in [0.1, 0.15) is 19.3 Å². The zero-order valence-electron chi connectivity index (χ0n) is 15.7. The summed E-state index contributed by atoms with van der Waals surface area (Å²) in [7, 11) is 0. The van der Waals surface area contributed by atoms with E-state index >= 15 is 0 Å². The Kier molecular flexibility index (Phi) is 6.07. The molecule has 0 radical (unpaired) electrons. The van der Waals surface area contributed by atoms with E-state index in [1.165, 1.54) is 22.7 Å². The first kappa shape index (κ1) is 19.7. The molecule has 150 valence electrons. The van der Waals surface area contributed by atoms with Crippen LogP contribution >= 0.6 is 22.7 Å². The topological polar surface area (TPSA) is 82.3 Å². The van der Waals surface area contributed by atoms with Gasteiger partial charge in [0, 0.05) is 5.69 Å². The van der Waals surface area contributed by atoms with Crippen LogP contribution < -0.4 is 21.5 Å². The first-order chi connectivity index (χ1) is 14.7. The van der Waals surface area contributed by atoms with Crippen molar-refractivity contribution in [2.24, 2.45) is 0 Å². The van der Waals surface area contributed by atoms with Crippen molar-refractivity contribution in [1.82, 2.24) is 0 Å². The van der Waals surface area contributed by atoms with Gasteiger partial charge in [-0.25, -0.2) is 0 Å². The van der Waals surface area contributed by atoms with E-state index in [4.69, 9.17) is 0 Å². The maximum atomic E-state index is 12.6. The van der Waals surface area contributed by atoms with E-state index in [2.05, 4.69) is 21.5 Å². The normalized spacial score (nSPS) is 10.3. The fourth-order valence-electron chi connectivity index (χ4n) is 2.69. The fraction of sp³-hybridized carbons (Fsp3) is 0. The molecule has 2 amide bonds. The lowest BCUT2D eigenvalue weighted by Crippen LogP contribution is -2.16. The van der Waals surface area contributed by atoms with Gasteiger partial charge >= 0.3 is 0 Å². The lowest BCUT2D eigenvalue weighted by Gasteiger charge is -2.16. The number of benzene rings is 2. The van der Waals surface area contributed by atoms with Gasteiger partial charge in [-0.2, -0.15) is 0 Å². The molecule has 0 aliphatic rings. The fourth-order valence-corrected chi connectivity index (χ4v) is 3.93. The number of carbonyl (C=O) groups is 2. The van der Waals surface area contributed by atoms with E-state index in [1.807, 2.05) is 53.2 Å². The van der Waals surface area contributed by atoms with E-state index in [1.54, 1.807) is 30.3 Å². The Morgan fingerprint density at radius 1 is 0.600 bits per heavy atom. The van der Waals surface area contributed by atoms with Crippen molar-refractivity contribution in [2.45, 2.75) is 0 Å². The van der Waals surface area contributed by atoms with Crippen molar-refractivity contribution in [3.05, 3.63) is 93.3 Å². The van der Waals surface area contributed by atoms with Gasteiger partial charge < -0.3 is 16.1 Å². The number of rotatable bonds is 7. The molecule has 0 bridgehead atoms. The standard InChI is InChI=1S/C22H18N4O2S2/c27-21(19-8-4-12-29-19)23-16-10-11-17(26-25-15-6-2-1-3-7-15)18(14-16)24-22(28)20-9-5-13-30-20/h1-14,25-26H,(H,23,27)(H,24,28). The van der Waals surface area contributed by atoms with Gasteiger partial charge in [-0.1, -0.05) is 30.3 Å². The van der Waals surface area contributed by atoms with Gasteiger partial charge in [0.25, 0.3) is 11.8 Å². The number of anilines is 4. The van der Waals surface area contributed by atoms with E-state index in [0.717, 1.165) is 5.69 Å². The van der Waals surface area contributed by atoms with Crippen LogP contribution in [0.25, 0.3) is 0 Å². The van der Waals surface area contributed by atoms with Crippen molar-refractivity contribution in [2.75, 3.05) is 21.5 Å². The predicted octanol–water partition coefficient (Wildman–Crippen LogP) is 5.75. The highest BCUT2D eigenvalue weighted by molar-refractivity contribution is 7.12. The number of nitrogens with one attached hydrogen (secondary N) is 4. The molecule has 0 saturated heterocycles. The van der Waals surface area contributed by atoms with Crippen molar-refractivity contribution >= 4 is 57.2 Å². The molecule has 0 unspecified atom stereocenters. The molecule has 0 fully saturated rings. The number of thiophene rings is 2. The molecule has 0 saturated carbocycles. The molecule has 30 heavy (non-hydrogen) atoms. The number of hydrogen-bond donors (Lipinski definition) is 4. The van der Waals surface area contributed by atoms with Crippen LogP contribution in [0, 0.1) is 0 Å². The third-order valence-corrected chi connectivity index (χ3v) is 5.87. The minimum Gasteiger partial charge on any atom is -0.321 e. The van der Waals surface area contributed by atoms with E-state index in [-0.39, 0.29) is 11.8 Å². The highest BCUT2D eigenvalue weighted by atomic mass is 32.1. The van der Waals surface area contributed by atoms with Gasteiger partial charge in [0.05, 0.1) is 26.8 Å². The molecular formula is C22H18N4O2S2. The molecule has 8 heteroatoms. The monoisotopic (exact) mass is 434 g/mol. The first-order valence-corrected chi connectivity index (χ1v) is 10.9. The molecule has 2 heterocycles. The molecule has 4 rings (SSSR count). The number of hydrazine groups is 1. The van der Waals surface area contributed by atoms with Crippen LogP contribution in [0.2, 0.25) is 0 Å². The summed E-state index contributed by atoms with van der Waals surface area (Å²) in [6, 6.07) is 22.1. The summed E-state index contributed by atoms with van der Waals surface area (Å²) in [6.07, 6.45) is 0. The van der Waals surface area contributed by atoms with Crippen LogP contribution in [0.3, 0.4) is 0 Å². The minimum absolute atomic E-state index is 0.191. The second kappa shape index (κ2) is 9.25.